The highest BCUT2D eigenvalue weighted by Crippen LogP contribution is 2.32. The second kappa shape index (κ2) is 6.87. The van der Waals surface area contributed by atoms with Gasteiger partial charge >= 0.3 is 0 Å². The lowest BCUT2D eigenvalue weighted by molar-refractivity contribution is 0.353. The first-order chi connectivity index (χ1) is 13.7. The Kier molecular flexibility index (Phi) is 4.20. The van der Waals surface area contributed by atoms with Gasteiger partial charge in [-0.05, 0) is 49.9 Å². The molecule has 8 heteroatoms. The Morgan fingerprint density at radius 3 is 2.43 bits per heavy atom. The maximum Gasteiger partial charge on any atom is 0.151 e. The third-order valence-corrected chi connectivity index (χ3v) is 5.98. The average Bonchev–Trinajstić information content (AvgIpc) is 3.37. The quantitative estimate of drug-likeness (QED) is 0.720. The second-order valence-electron chi connectivity index (χ2n) is 7.72. The summed E-state index contributed by atoms with van der Waals surface area (Å²) in [7, 11) is 2.10. The van der Waals surface area contributed by atoms with Crippen LogP contribution in [0.2, 0.25) is 0 Å². The highest BCUT2D eigenvalue weighted by Gasteiger charge is 2.35. The molecular weight excluding hydrogens is 354 g/mol. The average molecular weight is 377 g/mol. The molecule has 28 heavy (non-hydrogen) atoms. The smallest absolute Gasteiger partial charge is 0.151 e. The van der Waals surface area contributed by atoms with Crippen LogP contribution in [0.3, 0.4) is 0 Å². The van der Waals surface area contributed by atoms with Gasteiger partial charge in [-0.25, -0.2) is 0 Å². The van der Waals surface area contributed by atoms with E-state index < -0.39 is 0 Å². The van der Waals surface area contributed by atoms with Gasteiger partial charge < -0.3 is 15.3 Å². The van der Waals surface area contributed by atoms with E-state index >= 15 is 0 Å². The summed E-state index contributed by atoms with van der Waals surface area (Å²) < 4.78 is 1.74. The lowest BCUT2D eigenvalue weighted by Gasteiger charge is -2.36. The molecule has 0 spiro atoms. The maximum absolute atomic E-state index is 10.5. The number of rotatable bonds is 4. The molecule has 0 amide bonds. The molecule has 0 aliphatic carbocycles. The summed E-state index contributed by atoms with van der Waals surface area (Å²) in [6.45, 7) is 0. The van der Waals surface area contributed by atoms with Crippen LogP contribution in [-0.2, 0) is 0 Å². The predicted molar refractivity (Wildman–Crippen MR) is 105 cm³/mol. The van der Waals surface area contributed by atoms with Crippen LogP contribution < -0.4 is 10.2 Å². The van der Waals surface area contributed by atoms with Crippen molar-refractivity contribution in [1.82, 2.24) is 30.3 Å². The zero-order valence-corrected chi connectivity index (χ0v) is 15.7. The largest absolute Gasteiger partial charge is 0.507 e. The Balaban J connectivity index is 1.35. The summed E-state index contributed by atoms with van der Waals surface area (Å²) in [5.41, 5.74) is 2.09. The van der Waals surface area contributed by atoms with Gasteiger partial charge in [-0.1, -0.05) is 0 Å². The molecule has 4 heterocycles. The molecule has 1 aromatic carbocycles. The van der Waals surface area contributed by atoms with Crippen LogP contribution in [0.25, 0.3) is 16.9 Å². The van der Waals surface area contributed by atoms with Gasteiger partial charge in [0.2, 0.25) is 0 Å². The number of piperidine rings is 1. The van der Waals surface area contributed by atoms with Gasteiger partial charge in [-0.3, -0.25) is 4.57 Å². The number of hydrogen-bond donors (Lipinski definition) is 2. The van der Waals surface area contributed by atoms with Crippen LogP contribution in [0.1, 0.15) is 25.7 Å². The summed E-state index contributed by atoms with van der Waals surface area (Å²) in [6.07, 6.45) is 8.05. The van der Waals surface area contributed by atoms with E-state index in [1.54, 1.807) is 23.3 Å². The fourth-order valence-corrected chi connectivity index (χ4v) is 4.42. The van der Waals surface area contributed by atoms with E-state index in [-0.39, 0.29) is 5.75 Å². The normalized spacial score (nSPS) is 23.7. The number of nitrogens with one attached hydrogen (secondary N) is 1. The Hall–Kier alpha value is -3.00. The number of benzene rings is 1. The summed E-state index contributed by atoms with van der Waals surface area (Å²) in [5.74, 6) is 1.02. The van der Waals surface area contributed by atoms with Gasteiger partial charge in [0, 0.05) is 36.8 Å². The molecule has 2 fully saturated rings. The SMILES string of the molecule is CN(c1ccc(-c2ccc(-n3cnnc3)cc2O)nn1)[C@H]1C[C@H]2CC[C@@H](C1)N2. The van der Waals surface area contributed by atoms with Gasteiger partial charge in [0.1, 0.15) is 18.4 Å². The minimum absolute atomic E-state index is 0.150. The van der Waals surface area contributed by atoms with Crippen molar-refractivity contribution in [1.29, 1.82) is 0 Å². The molecule has 2 N–H and O–H groups in total. The number of hydrogen-bond acceptors (Lipinski definition) is 7. The molecule has 3 aromatic rings. The number of anilines is 1. The monoisotopic (exact) mass is 377 g/mol. The van der Waals surface area contributed by atoms with Crippen molar-refractivity contribution < 1.29 is 5.11 Å². The number of nitrogens with zero attached hydrogens (tertiary/aromatic N) is 6. The van der Waals surface area contributed by atoms with E-state index in [2.05, 4.69) is 37.7 Å². The van der Waals surface area contributed by atoms with Gasteiger partial charge in [-0.2, -0.15) is 0 Å². The molecule has 0 radical (unpaired) electrons. The van der Waals surface area contributed by atoms with E-state index in [9.17, 15) is 5.11 Å². The van der Waals surface area contributed by atoms with Crippen LogP contribution >= 0.6 is 0 Å². The molecule has 0 unspecified atom stereocenters. The van der Waals surface area contributed by atoms with Crippen molar-refractivity contribution in [3.8, 4) is 22.7 Å². The van der Waals surface area contributed by atoms with Crippen LogP contribution in [0.4, 0.5) is 5.82 Å². The van der Waals surface area contributed by atoms with E-state index in [0.29, 0.717) is 29.4 Å². The van der Waals surface area contributed by atoms with E-state index in [0.717, 1.165) is 24.3 Å². The number of fused-ring (bicyclic) bond motifs is 2. The van der Waals surface area contributed by atoms with Crippen molar-refractivity contribution >= 4 is 5.82 Å². The standard InChI is InChI=1S/C20H23N7O/c1-26(16-8-13-2-3-14(9-16)23-13)20-7-6-18(24-25-20)17-5-4-15(10-19(17)28)27-11-21-22-12-27/h4-7,10-14,16,23,28H,2-3,8-9H2,1H3/t13-,14+,16+. The zero-order valence-electron chi connectivity index (χ0n) is 15.7. The molecular formula is C20H23N7O. The van der Waals surface area contributed by atoms with Crippen molar-refractivity contribution in [3.05, 3.63) is 43.0 Å². The summed E-state index contributed by atoms with van der Waals surface area (Å²) in [4.78, 5) is 2.25. The number of phenolic OH excluding ortho intramolecular Hbond substituents is 1. The van der Waals surface area contributed by atoms with Crippen molar-refractivity contribution in [2.75, 3.05) is 11.9 Å². The predicted octanol–water partition coefficient (Wildman–Crippen LogP) is 2.15. The van der Waals surface area contributed by atoms with Crippen LogP contribution in [0, 0.1) is 0 Å². The van der Waals surface area contributed by atoms with Gasteiger partial charge in [-0.15, -0.1) is 20.4 Å². The Morgan fingerprint density at radius 1 is 1.04 bits per heavy atom. The number of aromatic nitrogens is 5. The molecule has 0 saturated carbocycles. The Morgan fingerprint density at radius 2 is 1.79 bits per heavy atom. The first-order valence-electron chi connectivity index (χ1n) is 9.68. The first-order valence-corrected chi connectivity index (χ1v) is 9.68. The van der Waals surface area contributed by atoms with Crippen molar-refractivity contribution in [2.45, 2.75) is 43.8 Å². The molecule has 5 rings (SSSR count). The molecule has 2 bridgehead atoms. The fraction of sp³-hybridized carbons (Fsp3) is 0.400. The maximum atomic E-state index is 10.5. The van der Waals surface area contributed by atoms with E-state index in [1.165, 1.54) is 12.8 Å². The Bertz CT molecular complexity index is 945. The zero-order chi connectivity index (χ0) is 19.1. The van der Waals surface area contributed by atoms with Gasteiger partial charge in [0.05, 0.1) is 11.4 Å². The fourth-order valence-electron chi connectivity index (χ4n) is 4.42. The third-order valence-electron chi connectivity index (χ3n) is 5.98. The lowest BCUT2D eigenvalue weighted by atomic mass is 9.98. The number of aromatic hydroxyl groups is 1. The highest BCUT2D eigenvalue weighted by molar-refractivity contribution is 5.69. The highest BCUT2D eigenvalue weighted by atomic mass is 16.3. The van der Waals surface area contributed by atoms with Crippen molar-refractivity contribution in [3.63, 3.8) is 0 Å². The summed E-state index contributed by atoms with van der Waals surface area (Å²) in [6, 6.07) is 11.1. The minimum atomic E-state index is 0.150. The van der Waals surface area contributed by atoms with Crippen LogP contribution in [-0.4, -0.2) is 55.2 Å². The molecule has 2 aliphatic heterocycles. The second-order valence-corrected chi connectivity index (χ2v) is 7.72. The lowest BCUT2D eigenvalue weighted by Crippen LogP contribution is -2.47. The van der Waals surface area contributed by atoms with E-state index in [4.69, 9.17) is 0 Å². The molecule has 2 aliphatic rings. The molecule has 2 saturated heterocycles. The van der Waals surface area contributed by atoms with Gasteiger partial charge in [0.25, 0.3) is 0 Å². The van der Waals surface area contributed by atoms with Crippen LogP contribution in [0.15, 0.2) is 43.0 Å². The summed E-state index contributed by atoms with van der Waals surface area (Å²) >= 11 is 0. The third kappa shape index (κ3) is 3.09. The Labute approximate surface area is 163 Å². The van der Waals surface area contributed by atoms with Crippen LogP contribution in [0.5, 0.6) is 5.75 Å². The molecule has 8 nitrogen and oxygen atoms in total. The number of phenols is 1. The van der Waals surface area contributed by atoms with Gasteiger partial charge in [0.15, 0.2) is 5.82 Å². The van der Waals surface area contributed by atoms with Crippen molar-refractivity contribution in [2.24, 2.45) is 0 Å². The first kappa shape index (κ1) is 17.1. The topological polar surface area (TPSA) is 92.0 Å². The molecule has 144 valence electrons. The summed E-state index contributed by atoms with van der Waals surface area (Å²) in [5, 5.41) is 30.5. The molecule has 3 atom stereocenters. The minimum Gasteiger partial charge on any atom is -0.507 e. The molecule has 2 aromatic heterocycles. The van der Waals surface area contributed by atoms with E-state index in [1.807, 2.05) is 24.3 Å².